The fourth-order valence-electron chi connectivity index (χ4n) is 7.63. The first kappa shape index (κ1) is 19.7. The number of aromatic nitrogens is 2. The molecule has 1 N–H and O–H groups in total. The molecular weight excluding hydrogens is 376 g/mol. The zero-order valence-corrected chi connectivity index (χ0v) is 18.2. The van der Waals surface area contributed by atoms with Gasteiger partial charge in [-0.3, -0.25) is 9.59 Å². The van der Waals surface area contributed by atoms with Gasteiger partial charge in [-0.2, -0.15) is 0 Å². The maximum atomic E-state index is 12.8. The second-order valence-electron chi connectivity index (χ2n) is 10.4. The van der Waals surface area contributed by atoms with Crippen molar-refractivity contribution in [2.45, 2.75) is 64.5 Å². The van der Waals surface area contributed by atoms with Crippen molar-refractivity contribution in [3.63, 3.8) is 0 Å². The van der Waals surface area contributed by atoms with Gasteiger partial charge in [0.05, 0.1) is 0 Å². The Morgan fingerprint density at radius 1 is 1.17 bits per heavy atom. The average Bonchev–Trinajstić information content (AvgIpc) is 3.08. The summed E-state index contributed by atoms with van der Waals surface area (Å²) in [6, 6.07) is 2.19. The molecule has 160 valence electrons. The van der Waals surface area contributed by atoms with Crippen molar-refractivity contribution in [3.8, 4) is 0 Å². The Morgan fingerprint density at radius 2 is 2.00 bits per heavy atom. The van der Waals surface area contributed by atoms with Crippen LogP contribution >= 0.6 is 0 Å². The number of nitrogens with zero attached hydrogens (tertiary/aromatic N) is 3. The van der Waals surface area contributed by atoms with E-state index < -0.39 is 0 Å². The summed E-state index contributed by atoms with van der Waals surface area (Å²) < 4.78 is 0. The van der Waals surface area contributed by atoms with Gasteiger partial charge < -0.3 is 10.2 Å². The van der Waals surface area contributed by atoms with Gasteiger partial charge in [0.25, 0.3) is 5.91 Å². The van der Waals surface area contributed by atoms with E-state index in [2.05, 4.69) is 35.2 Å². The number of rotatable bonds is 2. The zero-order chi connectivity index (χ0) is 21.1. The Balaban J connectivity index is 1.37. The molecule has 0 saturated heterocycles. The summed E-state index contributed by atoms with van der Waals surface area (Å²) in [6.07, 6.45) is 13.8. The Morgan fingerprint density at radius 3 is 2.77 bits per heavy atom. The lowest BCUT2D eigenvalue weighted by Gasteiger charge is -2.60. The highest BCUT2D eigenvalue weighted by molar-refractivity contribution is 5.92. The molecule has 3 aliphatic carbocycles. The SMILES string of the molecule is CN1C(=O)C=C[C@]2(C)[C@H]3CC[C@]4(C)[C@@H](NC(=O)c5ccncn5)CC[C@H]4[C@@H]3CC[C@@H]12. The van der Waals surface area contributed by atoms with Crippen molar-refractivity contribution in [2.75, 3.05) is 7.05 Å². The molecule has 0 unspecified atom stereocenters. The highest BCUT2D eigenvalue weighted by Gasteiger charge is 2.60. The van der Waals surface area contributed by atoms with Crippen LogP contribution in [0.5, 0.6) is 0 Å². The van der Waals surface area contributed by atoms with Crippen LogP contribution in [0, 0.1) is 28.6 Å². The summed E-state index contributed by atoms with van der Waals surface area (Å²) in [5, 5.41) is 3.31. The highest BCUT2D eigenvalue weighted by atomic mass is 16.2. The molecule has 0 bridgehead atoms. The van der Waals surface area contributed by atoms with E-state index in [9.17, 15) is 9.59 Å². The van der Waals surface area contributed by atoms with Crippen LogP contribution in [0.1, 0.15) is 62.9 Å². The van der Waals surface area contributed by atoms with Crippen molar-refractivity contribution in [1.29, 1.82) is 0 Å². The van der Waals surface area contributed by atoms with Gasteiger partial charge in [0.2, 0.25) is 5.91 Å². The molecule has 5 rings (SSSR count). The van der Waals surface area contributed by atoms with Crippen LogP contribution < -0.4 is 5.32 Å². The lowest BCUT2D eigenvalue weighted by Crippen LogP contribution is -2.60. The Hall–Kier alpha value is -2.24. The normalized spacial score (nSPS) is 42.3. The molecule has 7 atom stereocenters. The maximum absolute atomic E-state index is 12.8. The van der Waals surface area contributed by atoms with Crippen LogP contribution in [0.25, 0.3) is 0 Å². The van der Waals surface area contributed by atoms with Crippen LogP contribution in [0.4, 0.5) is 0 Å². The van der Waals surface area contributed by atoms with E-state index in [1.54, 1.807) is 18.3 Å². The van der Waals surface area contributed by atoms with Gasteiger partial charge in [0.1, 0.15) is 12.0 Å². The van der Waals surface area contributed by atoms with E-state index in [1.165, 1.54) is 19.2 Å². The second-order valence-corrected chi connectivity index (χ2v) is 10.4. The van der Waals surface area contributed by atoms with E-state index in [1.807, 2.05) is 11.9 Å². The fourth-order valence-corrected chi connectivity index (χ4v) is 7.63. The molecule has 6 nitrogen and oxygen atoms in total. The molecule has 2 heterocycles. The largest absolute Gasteiger partial charge is 0.347 e. The molecule has 3 saturated carbocycles. The van der Waals surface area contributed by atoms with Gasteiger partial charge in [-0.15, -0.1) is 0 Å². The third kappa shape index (κ3) is 2.75. The minimum Gasteiger partial charge on any atom is -0.347 e. The van der Waals surface area contributed by atoms with E-state index in [4.69, 9.17) is 0 Å². The first-order valence-electron chi connectivity index (χ1n) is 11.4. The molecule has 1 aromatic heterocycles. The van der Waals surface area contributed by atoms with E-state index in [-0.39, 0.29) is 28.7 Å². The van der Waals surface area contributed by atoms with E-state index >= 15 is 0 Å². The zero-order valence-electron chi connectivity index (χ0n) is 18.2. The van der Waals surface area contributed by atoms with Crippen molar-refractivity contribution >= 4 is 11.8 Å². The van der Waals surface area contributed by atoms with Crippen LogP contribution in [0.15, 0.2) is 30.7 Å². The summed E-state index contributed by atoms with van der Waals surface area (Å²) >= 11 is 0. The standard InChI is InChI=1S/C24H32N4O2/c1-23-11-8-17-15(4-7-20-24(17,2)12-9-21(29)28(20)3)16(23)5-6-19(23)27-22(30)18-10-13-25-14-26-18/h9-10,12-17,19-20H,4-8,11H2,1-3H3,(H,27,30)/t15-,16-,17-,19-,20+,23-,24+/m0/s1. The van der Waals surface area contributed by atoms with Crippen LogP contribution in [-0.4, -0.2) is 45.8 Å². The molecule has 1 aromatic rings. The number of carbonyl (C=O) groups is 2. The fraction of sp³-hybridized carbons (Fsp3) is 0.667. The van der Waals surface area contributed by atoms with Gasteiger partial charge in [-0.1, -0.05) is 19.9 Å². The molecule has 4 aliphatic rings. The molecule has 30 heavy (non-hydrogen) atoms. The highest BCUT2D eigenvalue weighted by Crippen LogP contribution is 2.63. The summed E-state index contributed by atoms with van der Waals surface area (Å²) in [4.78, 5) is 35.0. The van der Waals surface area contributed by atoms with Crippen molar-refractivity contribution in [3.05, 3.63) is 36.4 Å². The number of amides is 2. The van der Waals surface area contributed by atoms with Gasteiger partial charge in [0.15, 0.2) is 0 Å². The number of likely N-dealkylation sites (N-methyl/N-ethyl adjacent to an activating group) is 1. The number of fused-ring (bicyclic) bond motifs is 5. The monoisotopic (exact) mass is 408 g/mol. The number of nitrogens with one attached hydrogen (secondary N) is 1. The molecule has 6 heteroatoms. The van der Waals surface area contributed by atoms with Crippen molar-refractivity contribution < 1.29 is 9.59 Å². The van der Waals surface area contributed by atoms with E-state index in [0.29, 0.717) is 29.5 Å². The summed E-state index contributed by atoms with van der Waals surface area (Å²) in [5.74, 6) is 1.96. The molecule has 0 spiro atoms. The van der Waals surface area contributed by atoms with Gasteiger partial charge >= 0.3 is 0 Å². The minimum atomic E-state index is -0.0857. The second kappa shape index (κ2) is 6.89. The number of hydrogen-bond donors (Lipinski definition) is 1. The first-order valence-corrected chi connectivity index (χ1v) is 11.4. The first-order chi connectivity index (χ1) is 14.3. The summed E-state index contributed by atoms with van der Waals surface area (Å²) in [5.41, 5.74) is 0.640. The Bertz CT molecular complexity index is 886. The number of carbonyl (C=O) groups excluding carboxylic acids is 2. The topological polar surface area (TPSA) is 75.2 Å². The predicted octanol–water partition coefficient (Wildman–Crippen LogP) is 3.21. The number of hydrogen-bond acceptors (Lipinski definition) is 4. The molecule has 2 amide bonds. The van der Waals surface area contributed by atoms with Gasteiger partial charge in [-0.05, 0) is 73.8 Å². The predicted molar refractivity (Wildman–Crippen MR) is 113 cm³/mol. The lowest BCUT2D eigenvalue weighted by molar-refractivity contribution is -0.138. The van der Waals surface area contributed by atoms with Crippen LogP contribution in [0.3, 0.4) is 0 Å². The molecule has 3 fully saturated rings. The summed E-state index contributed by atoms with van der Waals surface area (Å²) in [7, 11) is 1.97. The third-order valence-electron chi connectivity index (χ3n) is 9.25. The third-order valence-corrected chi connectivity index (χ3v) is 9.25. The van der Waals surface area contributed by atoms with Crippen molar-refractivity contribution in [2.24, 2.45) is 28.6 Å². The average molecular weight is 409 g/mol. The Labute approximate surface area is 178 Å². The van der Waals surface area contributed by atoms with Crippen molar-refractivity contribution in [1.82, 2.24) is 20.2 Å². The molecule has 0 aromatic carbocycles. The van der Waals surface area contributed by atoms with Crippen LogP contribution in [0.2, 0.25) is 0 Å². The van der Waals surface area contributed by atoms with Gasteiger partial charge in [0, 0.05) is 30.7 Å². The minimum absolute atomic E-state index is 0.0647. The molecular formula is C24H32N4O2. The maximum Gasteiger partial charge on any atom is 0.270 e. The lowest BCUT2D eigenvalue weighted by atomic mass is 9.48. The van der Waals surface area contributed by atoms with Gasteiger partial charge in [-0.25, -0.2) is 9.97 Å². The Kier molecular flexibility index (Phi) is 4.53. The smallest absolute Gasteiger partial charge is 0.270 e. The van der Waals surface area contributed by atoms with E-state index in [0.717, 1.165) is 25.7 Å². The quantitative estimate of drug-likeness (QED) is 0.815. The summed E-state index contributed by atoms with van der Waals surface area (Å²) in [6.45, 7) is 4.77. The van der Waals surface area contributed by atoms with Crippen LogP contribution in [-0.2, 0) is 4.79 Å². The molecule has 0 radical (unpaired) electrons. The molecule has 1 aliphatic heterocycles.